The molecule has 1 aliphatic rings. The van der Waals surface area contributed by atoms with Crippen molar-refractivity contribution >= 4 is 11.9 Å². The van der Waals surface area contributed by atoms with Crippen LogP contribution in [0.3, 0.4) is 0 Å². The van der Waals surface area contributed by atoms with Gasteiger partial charge in [-0.1, -0.05) is 19.3 Å². The average Bonchev–Trinajstić information content (AvgIpc) is 3.09. The van der Waals surface area contributed by atoms with Crippen molar-refractivity contribution in [2.45, 2.75) is 52.0 Å². The maximum Gasteiger partial charge on any atom is 0.268 e. The molecule has 1 fully saturated rings. The number of nitrogens with zero attached hydrogens (tertiary/aromatic N) is 3. The summed E-state index contributed by atoms with van der Waals surface area (Å²) in [5.74, 6) is 0.691. The van der Waals surface area contributed by atoms with Gasteiger partial charge in [0.2, 0.25) is 5.95 Å². The van der Waals surface area contributed by atoms with Crippen LogP contribution >= 0.6 is 0 Å². The smallest absolute Gasteiger partial charge is 0.268 e. The standard InChI is InChI=1S/C19H27N5O/c1-14(22-18(25)17-9-8-10-20-17)16-13-21-19(23-15(16)2)24-11-6-4-3-5-7-12-24/h8-10,13-14,20H,3-7,11-12H2,1-2H3,(H,22,25). The third kappa shape index (κ3) is 4.38. The van der Waals surface area contributed by atoms with Crippen LogP contribution < -0.4 is 10.2 Å². The first-order chi connectivity index (χ1) is 12.1. The second-order valence-electron chi connectivity index (χ2n) is 6.74. The summed E-state index contributed by atoms with van der Waals surface area (Å²) in [5.41, 5.74) is 2.43. The number of carbonyl (C=O) groups is 1. The molecular weight excluding hydrogens is 314 g/mol. The number of hydrogen-bond acceptors (Lipinski definition) is 4. The third-order valence-electron chi connectivity index (χ3n) is 4.80. The van der Waals surface area contributed by atoms with Crippen LogP contribution in [-0.2, 0) is 0 Å². The number of rotatable bonds is 4. The summed E-state index contributed by atoms with van der Waals surface area (Å²) in [7, 11) is 0. The highest BCUT2D eigenvalue weighted by molar-refractivity contribution is 5.92. The van der Waals surface area contributed by atoms with Crippen molar-refractivity contribution in [1.82, 2.24) is 20.3 Å². The lowest BCUT2D eigenvalue weighted by atomic mass is 10.1. The van der Waals surface area contributed by atoms with Crippen molar-refractivity contribution in [2.24, 2.45) is 0 Å². The molecule has 1 saturated heterocycles. The van der Waals surface area contributed by atoms with E-state index in [9.17, 15) is 4.79 Å². The topological polar surface area (TPSA) is 73.9 Å². The zero-order valence-electron chi connectivity index (χ0n) is 15.1. The minimum absolute atomic E-state index is 0.121. The largest absolute Gasteiger partial charge is 0.357 e. The molecule has 0 saturated carbocycles. The molecule has 1 unspecified atom stereocenters. The van der Waals surface area contributed by atoms with Crippen molar-refractivity contribution < 1.29 is 4.79 Å². The first-order valence-electron chi connectivity index (χ1n) is 9.18. The van der Waals surface area contributed by atoms with Gasteiger partial charge in [0.25, 0.3) is 5.91 Å². The molecule has 3 heterocycles. The van der Waals surface area contributed by atoms with E-state index < -0.39 is 0 Å². The van der Waals surface area contributed by atoms with Crippen LogP contribution in [0.15, 0.2) is 24.5 Å². The summed E-state index contributed by atoms with van der Waals surface area (Å²) >= 11 is 0. The van der Waals surface area contributed by atoms with Crippen LogP contribution in [0.2, 0.25) is 0 Å². The second kappa shape index (κ2) is 8.14. The van der Waals surface area contributed by atoms with Gasteiger partial charge in [-0.25, -0.2) is 9.97 Å². The van der Waals surface area contributed by atoms with Gasteiger partial charge >= 0.3 is 0 Å². The number of aryl methyl sites for hydroxylation is 1. The predicted octanol–water partition coefficient (Wildman–Crippen LogP) is 3.37. The highest BCUT2D eigenvalue weighted by Gasteiger charge is 2.17. The Bertz CT molecular complexity index is 690. The maximum atomic E-state index is 12.2. The van der Waals surface area contributed by atoms with Gasteiger partial charge in [0.15, 0.2) is 0 Å². The molecule has 0 aromatic carbocycles. The Hall–Kier alpha value is -2.37. The van der Waals surface area contributed by atoms with Crippen LogP contribution in [0.1, 0.15) is 66.8 Å². The highest BCUT2D eigenvalue weighted by Crippen LogP contribution is 2.20. The fourth-order valence-electron chi connectivity index (χ4n) is 3.31. The van der Waals surface area contributed by atoms with E-state index in [4.69, 9.17) is 4.98 Å². The predicted molar refractivity (Wildman–Crippen MR) is 98.7 cm³/mol. The summed E-state index contributed by atoms with van der Waals surface area (Å²) in [5, 5.41) is 2.99. The SMILES string of the molecule is Cc1nc(N2CCCCCCC2)ncc1C(C)NC(=O)c1ccc[nH]1. The Morgan fingerprint density at radius 3 is 2.60 bits per heavy atom. The lowest BCUT2D eigenvalue weighted by Gasteiger charge is -2.25. The van der Waals surface area contributed by atoms with E-state index in [1.54, 1.807) is 12.3 Å². The number of carbonyl (C=O) groups excluding carboxylic acids is 1. The van der Waals surface area contributed by atoms with Crippen LogP contribution in [0.4, 0.5) is 5.95 Å². The third-order valence-corrected chi connectivity index (χ3v) is 4.80. The first-order valence-corrected chi connectivity index (χ1v) is 9.18. The average molecular weight is 341 g/mol. The lowest BCUT2D eigenvalue weighted by molar-refractivity contribution is 0.0935. The Morgan fingerprint density at radius 1 is 1.24 bits per heavy atom. The maximum absolute atomic E-state index is 12.2. The van der Waals surface area contributed by atoms with Gasteiger partial charge in [-0.05, 0) is 38.8 Å². The Labute approximate surface area is 149 Å². The molecule has 3 rings (SSSR count). The highest BCUT2D eigenvalue weighted by atomic mass is 16.1. The molecule has 0 radical (unpaired) electrons. The lowest BCUT2D eigenvalue weighted by Crippen LogP contribution is -2.30. The van der Waals surface area contributed by atoms with E-state index in [0.717, 1.165) is 30.3 Å². The molecule has 2 aromatic rings. The second-order valence-corrected chi connectivity index (χ2v) is 6.74. The molecule has 1 amide bonds. The summed E-state index contributed by atoms with van der Waals surface area (Å²) in [4.78, 5) is 26.7. The Kier molecular flexibility index (Phi) is 5.68. The zero-order chi connectivity index (χ0) is 17.6. The summed E-state index contributed by atoms with van der Waals surface area (Å²) in [6, 6.07) is 3.43. The minimum atomic E-state index is -0.141. The molecule has 1 atom stereocenters. The van der Waals surface area contributed by atoms with Gasteiger partial charge in [-0.2, -0.15) is 0 Å². The van der Waals surface area contributed by atoms with Gasteiger partial charge in [-0.15, -0.1) is 0 Å². The summed E-state index contributed by atoms with van der Waals surface area (Å²) in [6.45, 7) is 6.00. The van der Waals surface area contributed by atoms with Crippen LogP contribution in [0, 0.1) is 6.92 Å². The molecule has 0 aliphatic carbocycles. The van der Waals surface area contributed by atoms with Crippen molar-refractivity contribution in [3.05, 3.63) is 41.5 Å². The van der Waals surface area contributed by atoms with Gasteiger partial charge in [0.05, 0.1) is 6.04 Å². The van der Waals surface area contributed by atoms with Gasteiger partial charge < -0.3 is 15.2 Å². The fourth-order valence-corrected chi connectivity index (χ4v) is 3.31. The number of aromatic nitrogens is 3. The van der Waals surface area contributed by atoms with Crippen molar-refractivity contribution in [2.75, 3.05) is 18.0 Å². The van der Waals surface area contributed by atoms with E-state index >= 15 is 0 Å². The number of hydrogen-bond donors (Lipinski definition) is 2. The van der Waals surface area contributed by atoms with E-state index in [1.165, 1.54) is 32.1 Å². The van der Waals surface area contributed by atoms with Crippen molar-refractivity contribution in [3.8, 4) is 0 Å². The molecule has 6 nitrogen and oxygen atoms in total. The number of anilines is 1. The molecule has 1 aliphatic heterocycles. The Balaban J connectivity index is 1.69. The molecule has 0 bridgehead atoms. The molecule has 2 N–H and O–H groups in total. The number of H-pyrrole nitrogens is 1. The first kappa shape index (κ1) is 17.5. The molecular formula is C19H27N5O. The number of aromatic amines is 1. The minimum Gasteiger partial charge on any atom is -0.357 e. The van der Waals surface area contributed by atoms with E-state index in [2.05, 4.69) is 20.2 Å². The summed E-state index contributed by atoms with van der Waals surface area (Å²) in [6.07, 6.45) is 9.91. The normalized spacial score (nSPS) is 16.8. The van der Waals surface area contributed by atoms with E-state index in [0.29, 0.717) is 5.69 Å². The van der Waals surface area contributed by atoms with Crippen LogP contribution in [-0.4, -0.2) is 33.9 Å². The van der Waals surface area contributed by atoms with Crippen LogP contribution in [0.25, 0.3) is 0 Å². The van der Waals surface area contributed by atoms with E-state index in [-0.39, 0.29) is 11.9 Å². The van der Waals surface area contributed by atoms with Crippen molar-refractivity contribution in [1.29, 1.82) is 0 Å². The molecule has 25 heavy (non-hydrogen) atoms. The van der Waals surface area contributed by atoms with Crippen molar-refractivity contribution in [3.63, 3.8) is 0 Å². The molecule has 6 heteroatoms. The Morgan fingerprint density at radius 2 is 1.96 bits per heavy atom. The van der Waals surface area contributed by atoms with Gasteiger partial charge in [0.1, 0.15) is 5.69 Å². The molecule has 0 spiro atoms. The number of amides is 1. The summed E-state index contributed by atoms with van der Waals surface area (Å²) < 4.78 is 0. The van der Waals surface area contributed by atoms with E-state index in [1.807, 2.05) is 26.1 Å². The molecule has 134 valence electrons. The monoisotopic (exact) mass is 341 g/mol. The zero-order valence-corrected chi connectivity index (χ0v) is 15.1. The molecule has 2 aromatic heterocycles. The van der Waals surface area contributed by atoms with Gasteiger partial charge in [-0.3, -0.25) is 4.79 Å². The van der Waals surface area contributed by atoms with Crippen LogP contribution in [0.5, 0.6) is 0 Å². The quantitative estimate of drug-likeness (QED) is 0.894. The van der Waals surface area contributed by atoms with Gasteiger partial charge in [0, 0.05) is 36.7 Å². The fraction of sp³-hybridized carbons (Fsp3) is 0.526. The number of nitrogens with one attached hydrogen (secondary N) is 2.